The molecule has 2 heterocycles. The average molecular weight is 503 g/mol. The van der Waals surface area contributed by atoms with Crippen LogP contribution in [-0.2, 0) is 27.7 Å². The molecule has 0 saturated heterocycles. The maximum Gasteiger partial charge on any atom is 0.311 e. The smallest absolute Gasteiger partial charge is 0.311 e. The first-order valence-electron chi connectivity index (χ1n) is 10.3. The highest BCUT2D eigenvalue weighted by atomic mass is 32.2. The fourth-order valence-corrected chi connectivity index (χ4v) is 6.08. The van der Waals surface area contributed by atoms with Crippen LogP contribution in [-0.4, -0.2) is 48.4 Å². The molecule has 1 aliphatic heterocycles. The van der Waals surface area contributed by atoms with Gasteiger partial charge in [0.2, 0.25) is 5.13 Å². The van der Waals surface area contributed by atoms with Gasteiger partial charge < -0.3 is 9.84 Å². The predicted octanol–water partition coefficient (Wildman–Crippen LogP) is 2.88. The third-order valence-electron chi connectivity index (χ3n) is 5.31. The minimum Gasteiger partial charge on any atom is -0.495 e. The number of anilines is 2. The summed E-state index contributed by atoms with van der Waals surface area (Å²) in [6.07, 6.45) is 0.979. The van der Waals surface area contributed by atoms with Crippen molar-refractivity contribution in [3.63, 3.8) is 0 Å². The molecule has 0 spiro atoms. The number of amides is 1. The van der Waals surface area contributed by atoms with Crippen molar-refractivity contribution in [1.29, 1.82) is 0 Å². The Kier molecular flexibility index (Phi) is 6.53. The lowest BCUT2D eigenvalue weighted by Gasteiger charge is -2.31. The molecular weight excluding hydrogens is 480 g/mol. The van der Waals surface area contributed by atoms with E-state index in [1.54, 1.807) is 43.3 Å². The molecule has 0 bridgehead atoms. The molecule has 2 aromatic carbocycles. The molecule has 1 amide bonds. The standard InChI is InChI=1S/C22H22N4O6S2/c1-13-5-8-17(32-2)18(10-13)34(30,31)26-9-3-4-14-6-7-15(11-16(14)26)21(29)24-22-23-19(25-33-22)12-20(27)28/h5-8,10-11H,3-4,9,12H2,1-2H3,(H,27,28)(H,23,24,25,29). The minimum atomic E-state index is -3.95. The van der Waals surface area contributed by atoms with E-state index in [4.69, 9.17) is 9.84 Å². The summed E-state index contributed by atoms with van der Waals surface area (Å²) in [6.45, 7) is 2.08. The van der Waals surface area contributed by atoms with Crippen molar-refractivity contribution < 1.29 is 27.9 Å². The highest BCUT2D eigenvalue weighted by molar-refractivity contribution is 7.93. The van der Waals surface area contributed by atoms with Crippen LogP contribution < -0.4 is 14.4 Å². The second-order valence-electron chi connectivity index (χ2n) is 7.72. The SMILES string of the molecule is COc1ccc(C)cc1S(=O)(=O)N1CCCc2ccc(C(=O)Nc3nc(CC(=O)O)ns3)cc21. The highest BCUT2D eigenvalue weighted by Crippen LogP contribution is 2.36. The second-order valence-corrected chi connectivity index (χ2v) is 10.3. The predicted molar refractivity (Wildman–Crippen MR) is 126 cm³/mol. The number of ether oxygens (including phenoxy) is 1. The molecule has 34 heavy (non-hydrogen) atoms. The lowest BCUT2D eigenvalue weighted by atomic mass is 10.0. The summed E-state index contributed by atoms with van der Waals surface area (Å²) < 4.78 is 37.8. The minimum absolute atomic E-state index is 0.0672. The number of nitrogens with one attached hydrogen (secondary N) is 1. The van der Waals surface area contributed by atoms with E-state index in [1.807, 2.05) is 0 Å². The summed E-state index contributed by atoms with van der Waals surface area (Å²) in [5.74, 6) is -1.23. The molecular formula is C22H22N4O6S2. The van der Waals surface area contributed by atoms with Gasteiger partial charge in [0.05, 0.1) is 12.8 Å². The molecule has 0 unspecified atom stereocenters. The monoisotopic (exact) mass is 502 g/mol. The Hall–Kier alpha value is -3.51. The first kappa shape index (κ1) is 23.6. The Bertz CT molecular complexity index is 1370. The Balaban J connectivity index is 1.65. The summed E-state index contributed by atoms with van der Waals surface area (Å²) >= 11 is 0.874. The number of benzene rings is 2. The van der Waals surface area contributed by atoms with Crippen LogP contribution in [0.1, 0.15) is 33.7 Å². The molecule has 1 aliphatic rings. The molecule has 10 nitrogen and oxygen atoms in total. The molecule has 12 heteroatoms. The van der Waals surface area contributed by atoms with Gasteiger partial charge in [-0.25, -0.2) is 13.4 Å². The summed E-state index contributed by atoms with van der Waals surface area (Å²) in [5, 5.41) is 11.6. The number of carbonyl (C=O) groups excluding carboxylic acids is 1. The van der Waals surface area contributed by atoms with Gasteiger partial charge in [-0.3, -0.25) is 19.2 Å². The first-order chi connectivity index (χ1) is 16.2. The number of hydrogen-bond acceptors (Lipinski definition) is 8. The fraction of sp³-hybridized carbons (Fsp3) is 0.273. The normalized spacial score (nSPS) is 13.3. The van der Waals surface area contributed by atoms with E-state index in [9.17, 15) is 18.0 Å². The van der Waals surface area contributed by atoms with Crippen molar-refractivity contribution in [2.75, 3.05) is 23.3 Å². The van der Waals surface area contributed by atoms with Gasteiger partial charge in [0, 0.05) is 23.6 Å². The van der Waals surface area contributed by atoms with Crippen molar-refractivity contribution in [2.45, 2.75) is 31.1 Å². The van der Waals surface area contributed by atoms with Gasteiger partial charge >= 0.3 is 5.97 Å². The van der Waals surface area contributed by atoms with E-state index in [2.05, 4.69) is 14.7 Å². The Morgan fingerprint density at radius 3 is 2.76 bits per heavy atom. The molecule has 0 saturated carbocycles. The highest BCUT2D eigenvalue weighted by Gasteiger charge is 2.32. The van der Waals surface area contributed by atoms with Gasteiger partial charge in [0.25, 0.3) is 15.9 Å². The molecule has 0 atom stereocenters. The van der Waals surface area contributed by atoms with Crippen molar-refractivity contribution >= 4 is 44.3 Å². The number of aromatic nitrogens is 2. The van der Waals surface area contributed by atoms with E-state index in [0.29, 0.717) is 18.5 Å². The number of nitrogens with zero attached hydrogens (tertiary/aromatic N) is 3. The van der Waals surface area contributed by atoms with Crippen molar-refractivity contribution in [3.05, 3.63) is 58.9 Å². The molecule has 1 aromatic heterocycles. The number of rotatable bonds is 7. The maximum atomic E-state index is 13.6. The Labute approximate surface area is 200 Å². The summed E-state index contributed by atoms with van der Waals surface area (Å²) in [7, 11) is -2.53. The third-order valence-corrected chi connectivity index (χ3v) is 7.81. The molecule has 3 aromatic rings. The number of carbonyl (C=O) groups is 2. The van der Waals surface area contributed by atoms with Crippen molar-refractivity contribution in [2.24, 2.45) is 0 Å². The quantitative estimate of drug-likeness (QED) is 0.503. The van der Waals surface area contributed by atoms with Gasteiger partial charge in [-0.15, -0.1) is 0 Å². The van der Waals surface area contributed by atoms with Crippen molar-refractivity contribution in [1.82, 2.24) is 9.36 Å². The van der Waals surface area contributed by atoms with Crippen LogP contribution in [0.3, 0.4) is 0 Å². The lowest BCUT2D eigenvalue weighted by molar-refractivity contribution is -0.136. The number of hydrogen-bond donors (Lipinski definition) is 2. The number of aliphatic carboxylic acids is 1. The van der Waals surface area contributed by atoms with Gasteiger partial charge in [-0.05, 0) is 55.2 Å². The van der Waals surface area contributed by atoms with E-state index in [1.165, 1.54) is 11.4 Å². The zero-order valence-electron chi connectivity index (χ0n) is 18.4. The summed E-state index contributed by atoms with van der Waals surface area (Å²) in [4.78, 5) is 27.7. The fourth-order valence-electron chi connectivity index (χ4n) is 3.72. The van der Waals surface area contributed by atoms with Gasteiger partial charge in [0.15, 0.2) is 5.82 Å². The van der Waals surface area contributed by atoms with Crippen LogP contribution in [0.15, 0.2) is 41.3 Å². The summed E-state index contributed by atoms with van der Waals surface area (Å²) in [5.41, 5.74) is 2.28. The van der Waals surface area contributed by atoms with E-state index < -0.39 is 21.9 Å². The number of methoxy groups -OCH3 is 1. The van der Waals surface area contributed by atoms with Gasteiger partial charge in [-0.1, -0.05) is 12.1 Å². The third kappa shape index (κ3) is 4.73. The van der Waals surface area contributed by atoms with E-state index >= 15 is 0 Å². The summed E-state index contributed by atoms with van der Waals surface area (Å²) in [6, 6.07) is 9.88. The van der Waals surface area contributed by atoms with Crippen LogP contribution in [0.2, 0.25) is 0 Å². The van der Waals surface area contributed by atoms with E-state index in [-0.39, 0.29) is 40.1 Å². The largest absolute Gasteiger partial charge is 0.495 e. The zero-order chi connectivity index (χ0) is 24.5. The molecule has 0 fully saturated rings. The number of sulfonamides is 1. The molecule has 178 valence electrons. The van der Waals surface area contributed by atoms with Crippen LogP contribution in [0.5, 0.6) is 5.75 Å². The molecule has 0 radical (unpaired) electrons. The Morgan fingerprint density at radius 1 is 1.24 bits per heavy atom. The van der Waals surface area contributed by atoms with E-state index in [0.717, 1.165) is 22.7 Å². The number of fused-ring (bicyclic) bond motifs is 1. The zero-order valence-corrected chi connectivity index (χ0v) is 20.1. The molecule has 0 aliphatic carbocycles. The van der Waals surface area contributed by atoms with Crippen molar-refractivity contribution in [3.8, 4) is 5.75 Å². The maximum absolute atomic E-state index is 13.6. The lowest BCUT2D eigenvalue weighted by Crippen LogP contribution is -2.36. The van der Waals surface area contributed by atoms with Crippen LogP contribution >= 0.6 is 11.5 Å². The van der Waals surface area contributed by atoms with Crippen LogP contribution in [0.4, 0.5) is 10.8 Å². The number of carboxylic acid groups (broad SMARTS) is 1. The second kappa shape index (κ2) is 9.39. The van der Waals surface area contributed by atoms with Gasteiger partial charge in [0.1, 0.15) is 17.1 Å². The average Bonchev–Trinajstić information content (AvgIpc) is 3.24. The first-order valence-corrected chi connectivity index (χ1v) is 12.6. The molecule has 4 rings (SSSR count). The number of aryl methyl sites for hydroxylation is 2. The number of carboxylic acids is 1. The van der Waals surface area contributed by atoms with Crippen LogP contribution in [0.25, 0.3) is 0 Å². The van der Waals surface area contributed by atoms with Crippen LogP contribution in [0, 0.1) is 6.92 Å². The topological polar surface area (TPSA) is 139 Å². The Morgan fingerprint density at radius 2 is 2.03 bits per heavy atom. The van der Waals surface area contributed by atoms with Gasteiger partial charge in [-0.2, -0.15) is 4.37 Å². The molecule has 2 N–H and O–H groups in total.